The fraction of sp³-hybridized carbons (Fsp3) is 0.941. The third-order valence-corrected chi connectivity index (χ3v) is 6.59. The van der Waals surface area contributed by atoms with E-state index in [1.165, 1.54) is 25.7 Å². The van der Waals surface area contributed by atoms with Crippen LogP contribution in [0.1, 0.15) is 59.3 Å². The summed E-state index contributed by atoms with van der Waals surface area (Å²) in [5, 5.41) is 0. The van der Waals surface area contributed by atoms with E-state index in [9.17, 15) is 0 Å². The monoisotopic (exact) mass is 368 g/mol. The van der Waals surface area contributed by atoms with Crippen molar-refractivity contribution in [2.45, 2.75) is 76.8 Å². The molecule has 3 heterocycles. The maximum absolute atomic E-state index is 6.39. The topological polar surface area (TPSA) is 27.7 Å². The molecule has 2 saturated carbocycles. The second-order valence-corrected chi connectivity index (χ2v) is 7.61. The fourth-order valence-corrected chi connectivity index (χ4v) is 5.54. The van der Waals surface area contributed by atoms with Gasteiger partial charge in [-0.25, -0.2) is 9.78 Å². The van der Waals surface area contributed by atoms with Gasteiger partial charge in [0.1, 0.15) is 5.60 Å². The summed E-state index contributed by atoms with van der Waals surface area (Å²) in [6.45, 7) is 6.75. The predicted octanol–water partition coefficient (Wildman–Crippen LogP) is 3.88. The minimum absolute atomic E-state index is 0. The van der Waals surface area contributed by atoms with Gasteiger partial charge in [-0.1, -0.05) is 26.7 Å². The molecule has 1 spiro atoms. The second-order valence-electron chi connectivity index (χ2n) is 7.61. The van der Waals surface area contributed by atoms with Crippen molar-refractivity contribution in [3.8, 4) is 0 Å². The van der Waals surface area contributed by atoms with Crippen molar-refractivity contribution in [1.29, 1.82) is 0 Å². The normalized spacial score (nSPS) is 55.3. The van der Waals surface area contributed by atoms with E-state index in [0.717, 1.165) is 18.8 Å². The van der Waals surface area contributed by atoms with E-state index in [-0.39, 0.29) is 44.4 Å². The third kappa shape index (κ3) is 2.33. The summed E-state index contributed by atoms with van der Waals surface area (Å²) >= 11 is 0. The van der Waals surface area contributed by atoms with E-state index < -0.39 is 5.79 Å². The fourth-order valence-electron chi connectivity index (χ4n) is 5.54. The smallest absolute Gasteiger partial charge is 0.199 e. The molecule has 117 valence electrons. The first-order valence-electron chi connectivity index (χ1n) is 8.47. The molecule has 21 heavy (non-hydrogen) atoms. The first-order valence-corrected chi connectivity index (χ1v) is 8.47. The molecule has 7 atom stereocenters. The zero-order chi connectivity index (χ0) is 14.0. The van der Waals surface area contributed by atoms with E-state index in [1.54, 1.807) is 0 Å². The summed E-state index contributed by atoms with van der Waals surface area (Å²) < 4.78 is 6.39. The van der Waals surface area contributed by atoms with E-state index in [4.69, 9.17) is 14.5 Å². The summed E-state index contributed by atoms with van der Waals surface area (Å²) in [6.07, 6.45) is 9.66. The van der Waals surface area contributed by atoms with Crippen LogP contribution in [0.15, 0.2) is 0 Å². The predicted molar refractivity (Wildman–Crippen MR) is 75.5 cm³/mol. The Balaban J connectivity index is 0.00000132. The molecule has 0 N–H and O–H groups in total. The molecule has 2 bridgehead atoms. The van der Waals surface area contributed by atoms with Gasteiger partial charge in [-0.2, -0.15) is 5.92 Å². The van der Waals surface area contributed by atoms with E-state index in [0.29, 0.717) is 17.8 Å². The molecule has 5 aliphatic rings. The summed E-state index contributed by atoms with van der Waals surface area (Å²) in [7, 11) is 0. The van der Waals surface area contributed by atoms with Gasteiger partial charge in [0, 0.05) is 39.1 Å². The summed E-state index contributed by atoms with van der Waals surface area (Å²) in [5.74, 6) is 2.03. The molecule has 5 rings (SSSR count). The molecule has 3 nitrogen and oxygen atoms in total. The van der Waals surface area contributed by atoms with Gasteiger partial charge < -0.3 is 11.2 Å². The zero-order valence-electron chi connectivity index (χ0n) is 13.5. The van der Waals surface area contributed by atoms with Crippen molar-refractivity contribution in [1.82, 2.24) is 0 Å². The minimum Gasteiger partial charge on any atom is -0.344 e. The van der Waals surface area contributed by atoms with Crippen molar-refractivity contribution in [2.24, 2.45) is 23.7 Å². The summed E-state index contributed by atoms with van der Waals surface area (Å²) in [5.41, 5.74) is -0.177. The molecule has 5 fully saturated rings. The Kier molecular flexibility index (Phi) is 4.65. The van der Waals surface area contributed by atoms with Crippen LogP contribution in [-0.4, -0.2) is 17.5 Å². The number of ether oxygens (including phenoxy) is 1. The van der Waals surface area contributed by atoms with E-state index in [1.807, 2.05) is 6.92 Å². The van der Waals surface area contributed by atoms with Crippen molar-refractivity contribution in [3.63, 3.8) is 0 Å². The molecule has 1 radical (unpaired) electrons. The molecule has 0 aromatic carbocycles. The van der Waals surface area contributed by atoms with Gasteiger partial charge in [-0.05, 0) is 37.5 Å². The third-order valence-electron chi connectivity index (χ3n) is 6.59. The van der Waals surface area contributed by atoms with Gasteiger partial charge >= 0.3 is 0 Å². The maximum Gasteiger partial charge on any atom is 0.199 e. The minimum atomic E-state index is -0.523. The molecule has 0 amide bonds. The molecular formula is C17H27O3Y-. The Labute approximate surface area is 153 Å². The number of hydrogen-bond donors (Lipinski definition) is 0. The van der Waals surface area contributed by atoms with Gasteiger partial charge in [0.2, 0.25) is 0 Å². The standard InChI is InChI=1S/C17H27O3.Y/c1-4-12-6-8-15-17-13(11(2)5-7-14(12)17)9-10-16(3,18-15)19-20-17;/h6,11-15H,4-5,7-10H2,1-3H3;/q-1;/t11?,12?,13?,14?,15?,16-,17+;/m0./s1. The SMILES string of the molecule is CCC1[CH-]CC2O[C@]3(C)CCC4C(C)CCC1[C@@]24OO3.[Y]. The van der Waals surface area contributed by atoms with Crippen molar-refractivity contribution < 1.29 is 47.2 Å². The van der Waals surface area contributed by atoms with Gasteiger partial charge in [0.15, 0.2) is 5.79 Å². The van der Waals surface area contributed by atoms with Gasteiger partial charge in [-0.3, -0.25) is 0 Å². The largest absolute Gasteiger partial charge is 0.344 e. The van der Waals surface area contributed by atoms with Crippen molar-refractivity contribution in [2.75, 3.05) is 0 Å². The molecule has 3 aliphatic heterocycles. The van der Waals surface area contributed by atoms with Crippen LogP contribution in [-0.2, 0) is 47.2 Å². The zero-order valence-corrected chi connectivity index (χ0v) is 16.3. The van der Waals surface area contributed by atoms with Gasteiger partial charge in [0.05, 0.1) is 6.10 Å². The van der Waals surface area contributed by atoms with Crippen LogP contribution in [0.5, 0.6) is 0 Å². The maximum atomic E-state index is 6.39. The van der Waals surface area contributed by atoms with Crippen LogP contribution in [0, 0.1) is 30.1 Å². The summed E-state index contributed by atoms with van der Waals surface area (Å²) in [6, 6.07) is 0. The van der Waals surface area contributed by atoms with Crippen LogP contribution in [0.3, 0.4) is 0 Å². The number of fused-ring (bicyclic) bond motifs is 2. The summed E-state index contributed by atoms with van der Waals surface area (Å²) in [4.78, 5) is 12.0. The Morgan fingerprint density at radius 3 is 2.71 bits per heavy atom. The Morgan fingerprint density at radius 2 is 1.95 bits per heavy atom. The van der Waals surface area contributed by atoms with Crippen molar-refractivity contribution >= 4 is 0 Å². The average Bonchev–Trinajstić information content (AvgIpc) is 2.67. The van der Waals surface area contributed by atoms with Crippen LogP contribution >= 0.6 is 0 Å². The Hall–Kier alpha value is 0.984. The number of rotatable bonds is 1. The van der Waals surface area contributed by atoms with Crippen LogP contribution < -0.4 is 0 Å². The molecule has 2 aliphatic carbocycles. The molecule has 0 aromatic rings. The molecule has 4 heteroatoms. The van der Waals surface area contributed by atoms with E-state index >= 15 is 0 Å². The molecular weight excluding hydrogens is 341 g/mol. The van der Waals surface area contributed by atoms with Crippen molar-refractivity contribution in [3.05, 3.63) is 6.42 Å². The van der Waals surface area contributed by atoms with Crippen LogP contribution in [0.2, 0.25) is 0 Å². The average molecular weight is 368 g/mol. The molecule has 3 saturated heterocycles. The molecule has 5 unspecified atom stereocenters. The number of hydrogen-bond acceptors (Lipinski definition) is 3. The Bertz CT molecular complexity index is 399. The molecule has 0 aromatic heterocycles. The van der Waals surface area contributed by atoms with Gasteiger partial charge in [0.25, 0.3) is 0 Å². The first kappa shape index (κ1) is 16.8. The second kappa shape index (κ2) is 5.81. The Morgan fingerprint density at radius 1 is 1.14 bits per heavy atom. The van der Waals surface area contributed by atoms with Crippen LogP contribution in [0.4, 0.5) is 0 Å². The first-order chi connectivity index (χ1) is 9.59. The van der Waals surface area contributed by atoms with E-state index in [2.05, 4.69) is 20.3 Å². The quantitative estimate of drug-likeness (QED) is 0.519. The van der Waals surface area contributed by atoms with Crippen LogP contribution in [0.25, 0.3) is 0 Å². The van der Waals surface area contributed by atoms with Gasteiger partial charge in [-0.15, -0.1) is 6.42 Å².